The average molecular weight is 313 g/mol. The molecule has 2 rings (SSSR count). The van der Waals surface area contributed by atoms with Gasteiger partial charge in [-0.25, -0.2) is 0 Å². The number of nitrogens with zero attached hydrogens (tertiary/aromatic N) is 1. The molecule has 0 atom stereocenters. The Morgan fingerprint density at radius 1 is 1.00 bits per heavy atom. The Labute approximate surface area is 134 Å². The molecule has 1 aromatic carbocycles. The maximum Gasteiger partial charge on any atom is 0.257 e. The molecule has 0 saturated carbocycles. The summed E-state index contributed by atoms with van der Waals surface area (Å²) in [5, 5.41) is 5.51. The van der Waals surface area contributed by atoms with E-state index in [9.17, 15) is 9.59 Å². The molecule has 2 N–H and O–H groups in total. The second-order valence-electron chi connectivity index (χ2n) is 4.80. The summed E-state index contributed by atoms with van der Waals surface area (Å²) in [5.41, 5.74) is 0.521. The molecule has 0 fully saturated rings. The van der Waals surface area contributed by atoms with Crippen LogP contribution >= 0.6 is 0 Å². The monoisotopic (exact) mass is 313 g/mol. The fourth-order valence-electron chi connectivity index (χ4n) is 1.83. The summed E-state index contributed by atoms with van der Waals surface area (Å²) in [6.07, 6.45) is 3.77. The summed E-state index contributed by atoms with van der Waals surface area (Å²) in [7, 11) is 0. The van der Waals surface area contributed by atoms with E-state index in [2.05, 4.69) is 15.6 Å². The van der Waals surface area contributed by atoms with E-state index in [1.54, 1.807) is 30.5 Å². The van der Waals surface area contributed by atoms with Crippen molar-refractivity contribution >= 4 is 11.8 Å². The van der Waals surface area contributed by atoms with Crippen LogP contribution < -0.4 is 15.4 Å². The first-order chi connectivity index (χ1) is 11.3. The van der Waals surface area contributed by atoms with Gasteiger partial charge in [0, 0.05) is 25.5 Å². The van der Waals surface area contributed by atoms with Crippen LogP contribution in [0.2, 0.25) is 0 Å². The van der Waals surface area contributed by atoms with Crippen LogP contribution in [0.25, 0.3) is 0 Å². The zero-order valence-electron chi connectivity index (χ0n) is 12.7. The fraction of sp³-hybridized carbons (Fsp3) is 0.235. The minimum atomic E-state index is -0.188. The van der Waals surface area contributed by atoms with Crippen LogP contribution in [0.15, 0.2) is 54.9 Å². The average Bonchev–Trinajstić information content (AvgIpc) is 2.61. The molecular formula is C17H19N3O3. The molecule has 0 bridgehead atoms. The Morgan fingerprint density at radius 3 is 2.52 bits per heavy atom. The Bertz CT molecular complexity index is 617. The number of aromatic nitrogens is 1. The molecule has 6 heteroatoms. The molecule has 0 aliphatic heterocycles. The first-order valence-corrected chi connectivity index (χ1v) is 7.38. The molecule has 0 saturated heterocycles. The predicted molar refractivity (Wildman–Crippen MR) is 86.1 cm³/mol. The zero-order chi connectivity index (χ0) is 16.3. The van der Waals surface area contributed by atoms with Gasteiger partial charge in [-0.2, -0.15) is 0 Å². The van der Waals surface area contributed by atoms with Gasteiger partial charge in [-0.1, -0.05) is 18.2 Å². The first-order valence-electron chi connectivity index (χ1n) is 7.38. The van der Waals surface area contributed by atoms with Gasteiger partial charge in [0.2, 0.25) is 0 Å². The highest BCUT2D eigenvalue weighted by atomic mass is 16.5. The Balaban J connectivity index is 1.55. The van der Waals surface area contributed by atoms with Crippen molar-refractivity contribution in [2.24, 2.45) is 0 Å². The number of pyridine rings is 1. The van der Waals surface area contributed by atoms with Gasteiger partial charge >= 0.3 is 0 Å². The largest absolute Gasteiger partial charge is 0.484 e. The summed E-state index contributed by atoms with van der Waals surface area (Å²) in [5.74, 6) is 0.302. The summed E-state index contributed by atoms with van der Waals surface area (Å²) in [6, 6.07) is 12.6. The Morgan fingerprint density at radius 2 is 1.78 bits per heavy atom. The van der Waals surface area contributed by atoms with Gasteiger partial charge in [0.15, 0.2) is 6.61 Å². The van der Waals surface area contributed by atoms with Crippen molar-refractivity contribution in [3.8, 4) is 5.75 Å². The lowest BCUT2D eigenvalue weighted by molar-refractivity contribution is -0.123. The summed E-state index contributed by atoms with van der Waals surface area (Å²) in [6.45, 7) is 0.934. The number of carbonyl (C=O) groups excluding carboxylic acids is 2. The molecule has 23 heavy (non-hydrogen) atoms. The number of carbonyl (C=O) groups is 2. The van der Waals surface area contributed by atoms with E-state index in [1.165, 1.54) is 6.20 Å². The van der Waals surface area contributed by atoms with Crippen molar-refractivity contribution in [1.29, 1.82) is 0 Å². The molecule has 2 amide bonds. The summed E-state index contributed by atoms with van der Waals surface area (Å²) >= 11 is 0. The van der Waals surface area contributed by atoms with Crippen molar-refractivity contribution in [1.82, 2.24) is 15.6 Å². The fourth-order valence-corrected chi connectivity index (χ4v) is 1.83. The van der Waals surface area contributed by atoms with Gasteiger partial charge in [0.05, 0.1) is 5.56 Å². The van der Waals surface area contributed by atoms with E-state index >= 15 is 0 Å². The van der Waals surface area contributed by atoms with Crippen molar-refractivity contribution in [2.45, 2.75) is 6.42 Å². The van der Waals surface area contributed by atoms with E-state index in [0.29, 0.717) is 30.8 Å². The number of nitrogens with one attached hydrogen (secondary N) is 2. The molecule has 0 unspecified atom stereocenters. The van der Waals surface area contributed by atoms with E-state index in [-0.39, 0.29) is 18.4 Å². The highest BCUT2D eigenvalue weighted by molar-refractivity contribution is 5.93. The molecule has 0 spiro atoms. The number of ether oxygens (including phenoxy) is 1. The van der Waals surface area contributed by atoms with E-state index < -0.39 is 0 Å². The SMILES string of the molecule is O=C(COc1ccccc1)NCCCNC(=O)c1cccnc1. The zero-order valence-corrected chi connectivity index (χ0v) is 12.7. The van der Waals surface area contributed by atoms with Crippen LogP contribution in [-0.2, 0) is 4.79 Å². The van der Waals surface area contributed by atoms with Crippen LogP contribution in [-0.4, -0.2) is 36.5 Å². The third-order valence-electron chi connectivity index (χ3n) is 3.00. The summed E-state index contributed by atoms with van der Waals surface area (Å²) < 4.78 is 5.33. The predicted octanol–water partition coefficient (Wildman–Crippen LogP) is 1.40. The number of rotatable bonds is 8. The minimum Gasteiger partial charge on any atom is -0.484 e. The highest BCUT2D eigenvalue weighted by Gasteiger charge is 2.04. The molecule has 6 nitrogen and oxygen atoms in total. The van der Waals surface area contributed by atoms with Gasteiger partial charge in [-0.15, -0.1) is 0 Å². The topological polar surface area (TPSA) is 80.3 Å². The first kappa shape index (κ1) is 16.5. The molecule has 120 valence electrons. The maximum atomic E-state index is 11.7. The lowest BCUT2D eigenvalue weighted by Crippen LogP contribution is -2.32. The van der Waals surface area contributed by atoms with Crippen molar-refractivity contribution < 1.29 is 14.3 Å². The molecule has 1 heterocycles. The Kier molecular flexibility index (Phi) is 6.59. The third-order valence-corrected chi connectivity index (χ3v) is 3.00. The molecule has 0 radical (unpaired) electrons. The standard InChI is InChI=1S/C17H19N3O3/c21-16(13-23-15-7-2-1-3-8-15)19-10-5-11-20-17(22)14-6-4-9-18-12-14/h1-4,6-9,12H,5,10-11,13H2,(H,19,21)(H,20,22). The van der Waals surface area contributed by atoms with E-state index in [0.717, 1.165) is 0 Å². The number of amides is 2. The second kappa shape index (κ2) is 9.19. The third kappa shape index (κ3) is 6.17. The van der Waals surface area contributed by atoms with E-state index in [4.69, 9.17) is 4.74 Å². The second-order valence-corrected chi connectivity index (χ2v) is 4.80. The van der Waals surface area contributed by atoms with Crippen LogP contribution in [0.3, 0.4) is 0 Å². The quantitative estimate of drug-likeness (QED) is 0.722. The lowest BCUT2D eigenvalue weighted by atomic mass is 10.2. The van der Waals surface area contributed by atoms with Crippen LogP contribution in [0.4, 0.5) is 0 Å². The molecule has 2 aromatic rings. The van der Waals surface area contributed by atoms with Crippen molar-refractivity contribution in [3.05, 3.63) is 60.4 Å². The van der Waals surface area contributed by atoms with Crippen molar-refractivity contribution in [3.63, 3.8) is 0 Å². The van der Waals surface area contributed by atoms with Gasteiger partial charge < -0.3 is 15.4 Å². The van der Waals surface area contributed by atoms with Crippen molar-refractivity contribution in [2.75, 3.05) is 19.7 Å². The van der Waals surface area contributed by atoms with Crippen LogP contribution in [0.1, 0.15) is 16.8 Å². The molecular weight excluding hydrogens is 294 g/mol. The maximum absolute atomic E-state index is 11.7. The van der Waals surface area contributed by atoms with Gasteiger partial charge in [-0.05, 0) is 30.7 Å². The number of hydrogen-bond acceptors (Lipinski definition) is 4. The van der Waals surface area contributed by atoms with Gasteiger partial charge in [0.1, 0.15) is 5.75 Å². The molecule has 0 aliphatic carbocycles. The Hall–Kier alpha value is -2.89. The van der Waals surface area contributed by atoms with Gasteiger partial charge in [0.25, 0.3) is 11.8 Å². The smallest absolute Gasteiger partial charge is 0.257 e. The number of para-hydroxylation sites is 1. The minimum absolute atomic E-state index is 0.0218. The summed E-state index contributed by atoms with van der Waals surface area (Å²) in [4.78, 5) is 27.2. The van der Waals surface area contributed by atoms with E-state index in [1.807, 2.05) is 18.2 Å². The van der Waals surface area contributed by atoms with Crippen LogP contribution in [0.5, 0.6) is 5.75 Å². The van der Waals surface area contributed by atoms with Crippen LogP contribution in [0, 0.1) is 0 Å². The number of benzene rings is 1. The highest BCUT2D eigenvalue weighted by Crippen LogP contribution is 2.07. The normalized spacial score (nSPS) is 9.91. The molecule has 1 aromatic heterocycles. The van der Waals surface area contributed by atoms with Gasteiger partial charge in [-0.3, -0.25) is 14.6 Å². The lowest BCUT2D eigenvalue weighted by Gasteiger charge is -2.08. The molecule has 0 aliphatic rings. The number of hydrogen-bond donors (Lipinski definition) is 2.